The maximum Gasteiger partial charge on any atom is 0.253 e. The molecule has 5 aromatic rings. The summed E-state index contributed by atoms with van der Waals surface area (Å²) in [5.74, 6) is 1.70. The number of ether oxygens (including phenoxy) is 1. The summed E-state index contributed by atoms with van der Waals surface area (Å²) in [6, 6.07) is 23.8. The average Bonchev–Trinajstić information content (AvgIpc) is 3.61. The van der Waals surface area contributed by atoms with E-state index in [9.17, 15) is 9.59 Å². The number of methoxy groups -OCH3 is 1. The van der Waals surface area contributed by atoms with Crippen molar-refractivity contribution in [3.8, 4) is 28.3 Å². The van der Waals surface area contributed by atoms with Gasteiger partial charge in [0.25, 0.3) is 5.91 Å². The third kappa shape index (κ3) is 4.36. The highest BCUT2D eigenvalue weighted by molar-refractivity contribution is 6.05. The lowest BCUT2D eigenvalue weighted by Crippen LogP contribution is -2.19. The summed E-state index contributed by atoms with van der Waals surface area (Å²) < 4.78 is 9.04. The molecule has 1 saturated carbocycles. The maximum absolute atomic E-state index is 12.8. The Morgan fingerprint density at radius 2 is 1.63 bits per heavy atom. The largest absolute Gasteiger partial charge is 0.497 e. The van der Waals surface area contributed by atoms with Crippen LogP contribution in [0.3, 0.4) is 0 Å². The number of fused-ring (bicyclic) bond motifs is 1. The minimum atomic E-state index is -0.167. The van der Waals surface area contributed by atoms with Crippen LogP contribution in [0.15, 0.2) is 85.2 Å². The zero-order chi connectivity index (χ0) is 26.2. The lowest BCUT2D eigenvalue weighted by molar-refractivity contribution is 0.0885. The molecule has 190 valence electrons. The van der Waals surface area contributed by atoms with Gasteiger partial charge in [-0.2, -0.15) is 0 Å². The van der Waals surface area contributed by atoms with Gasteiger partial charge in [0.05, 0.1) is 30.3 Å². The Kier molecular flexibility index (Phi) is 6.04. The number of nitrogens with one attached hydrogen (secondary N) is 1. The number of para-hydroxylation sites is 1. The highest BCUT2D eigenvalue weighted by atomic mass is 16.5. The van der Waals surface area contributed by atoms with Gasteiger partial charge in [-0.3, -0.25) is 14.2 Å². The predicted molar refractivity (Wildman–Crippen MR) is 147 cm³/mol. The normalized spacial score (nSPS) is 13.0. The molecule has 0 saturated heterocycles. The van der Waals surface area contributed by atoms with Crippen LogP contribution in [-0.4, -0.2) is 40.1 Å². The number of aromatic nitrogens is 3. The van der Waals surface area contributed by atoms with E-state index >= 15 is 0 Å². The Morgan fingerprint density at radius 1 is 0.947 bits per heavy atom. The van der Waals surface area contributed by atoms with Crippen LogP contribution in [0.1, 0.15) is 33.6 Å². The quantitative estimate of drug-likeness (QED) is 0.311. The Labute approximate surface area is 220 Å². The minimum absolute atomic E-state index is 0.143. The fourth-order valence-electron chi connectivity index (χ4n) is 4.87. The van der Waals surface area contributed by atoms with Gasteiger partial charge in [0.2, 0.25) is 5.91 Å². The lowest BCUT2D eigenvalue weighted by atomic mass is 10.0. The SMILES string of the molecule is CNC(=O)c1cccc2nc(-c3ccc(-c4ccc(OC)cc4)cc3)n(Cc3ccn(C(=O)C4CC4)c3)c12. The van der Waals surface area contributed by atoms with Gasteiger partial charge in [-0.25, -0.2) is 4.98 Å². The van der Waals surface area contributed by atoms with E-state index in [1.54, 1.807) is 18.7 Å². The Morgan fingerprint density at radius 3 is 2.29 bits per heavy atom. The molecule has 1 aliphatic carbocycles. The van der Waals surface area contributed by atoms with Crippen LogP contribution in [0.2, 0.25) is 0 Å². The smallest absolute Gasteiger partial charge is 0.253 e. The van der Waals surface area contributed by atoms with Crippen molar-refractivity contribution in [3.05, 3.63) is 96.3 Å². The molecule has 7 heteroatoms. The number of imidazole rings is 1. The zero-order valence-corrected chi connectivity index (χ0v) is 21.3. The van der Waals surface area contributed by atoms with Crippen molar-refractivity contribution in [2.75, 3.05) is 14.2 Å². The molecular weight excluding hydrogens is 476 g/mol. The van der Waals surface area contributed by atoms with Crippen LogP contribution in [0.5, 0.6) is 5.75 Å². The van der Waals surface area contributed by atoms with Gasteiger partial charge in [-0.1, -0.05) is 42.5 Å². The van der Waals surface area contributed by atoms with E-state index in [4.69, 9.17) is 9.72 Å². The molecule has 1 amide bonds. The van der Waals surface area contributed by atoms with Gasteiger partial charge in [0.1, 0.15) is 11.6 Å². The van der Waals surface area contributed by atoms with Gasteiger partial charge in [-0.05, 0) is 59.9 Å². The number of nitrogens with zero attached hydrogens (tertiary/aromatic N) is 3. The van der Waals surface area contributed by atoms with Gasteiger partial charge >= 0.3 is 0 Å². The number of hydrogen-bond donors (Lipinski definition) is 1. The molecule has 1 N–H and O–H groups in total. The van der Waals surface area contributed by atoms with Crippen LogP contribution in [0.25, 0.3) is 33.5 Å². The van der Waals surface area contributed by atoms with E-state index in [2.05, 4.69) is 34.1 Å². The summed E-state index contributed by atoms with van der Waals surface area (Å²) in [4.78, 5) is 30.3. The van der Waals surface area contributed by atoms with Gasteiger partial charge in [0, 0.05) is 30.9 Å². The van der Waals surface area contributed by atoms with Crippen LogP contribution in [0.4, 0.5) is 0 Å². The second kappa shape index (κ2) is 9.67. The van der Waals surface area contributed by atoms with Gasteiger partial charge < -0.3 is 14.6 Å². The molecule has 38 heavy (non-hydrogen) atoms. The zero-order valence-electron chi connectivity index (χ0n) is 21.3. The first-order valence-corrected chi connectivity index (χ1v) is 12.7. The number of hydrogen-bond acceptors (Lipinski definition) is 4. The van der Waals surface area contributed by atoms with Crippen molar-refractivity contribution >= 4 is 22.8 Å². The van der Waals surface area contributed by atoms with Crippen molar-refractivity contribution in [3.63, 3.8) is 0 Å². The van der Waals surface area contributed by atoms with Crippen LogP contribution < -0.4 is 10.1 Å². The van der Waals surface area contributed by atoms with Crippen LogP contribution >= 0.6 is 0 Å². The molecule has 7 nitrogen and oxygen atoms in total. The summed E-state index contributed by atoms with van der Waals surface area (Å²) in [6.45, 7) is 0.477. The molecule has 6 rings (SSSR count). The van der Waals surface area contributed by atoms with E-state index in [1.165, 1.54) is 0 Å². The number of rotatable bonds is 7. The van der Waals surface area contributed by atoms with Crippen LogP contribution in [0, 0.1) is 5.92 Å². The molecule has 0 bridgehead atoms. The fourth-order valence-corrected chi connectivity index (χ4v) is 4.87. The first kappa shape index (κ1) is 23.7. The fraction of sp³-hybridized carbons (Fsp3) is 0.194. The topological polar surface area (TPSA) is 78.2 Å². The summed E-state index contributed by atoms with van der Waals surface area (Å²) >= 11 is 0. The highest BCUT2D eigenvalue weighted by Crippen LogP contribution is 2.32. The first-order chi connectivity index (χ1) is 18.6. The van der Waals surface area contributed by atoms with Crippen LogP contribution in [-0.2, 0) is 6.54 Å². The average molecular weight is 505 g/mol. The summed E-state index contributed by atoms with van der Waals surface area (Å²) in [7, 11) is 3.29. The third-order valence-corrected chi connectivity index (χ3v) is 7.08. The number of carbonyl (C=O) groups is 2. The second-order valence-electron chi connectivity index (χ2n) is 9.62. The molecule has 0 unspecified atom stereocenters. The Bertz CT molecular complexity index is 1640. The molecule has 1 aliphatic rings. The standard InChI is InChI=1S/C31H28N4O3/c1-32-30(36)26-4-3-5-27-28(26)35(19-20-16-17-34(18-20)31(37)24-10-11-24)29(33-27)23-8-6-21(7-9-23)22-12-14-25(38-2)15-13-22/h3-9,12-18,24H,10-11,19H2,1-2H3,(H,32,36). The number of amides is 1. The lowest BCUT2D eigenvalue weighted by Gasteiger charge is -2.12. The van der Waals surface area contributed by atoms with E-state index in [-0.39, 0.29) is 17.7 Å². The Balaban J connectivity index is 1.42. The van der Waals surface area contributed by atoms with Gasteiger partial charge in [0.15, 0.2) is 0 Å². The van der Waals surface area contributed by atoms with Crippen molar-refractivity contribution in [1.82, 2.24) is 19.4 Å². The van der Waals surface area contributed by atoms with Crippen molar-refractivity contribution in [2.45, 2.75) is 19.4 Å². The summed E-state index contributed by atoms with van der Waals surface area (Å²) in [5, 5.41) is 2.75. The molecule has 1 fully saturated rings. The molecular formula is C31H28N4O3. The molecule has 0 radical (unpaired) electrons. The third-order valence-electron chi connectivity index (χ3n) is 7.08. The molecule has 3 aromatic carbocycles. The maximum atomic E-state index is 12.8. The number of carbonyl (C=O) groups excluding carboxylic acids is 2. The molecule has 0 spiro atoms. The van der Waals surface area contributed by atoms with E-state index in [0.717, 1.165) is 57.7 Å². The number of benzene rings is 3. The second-order valence-corrected chi connectivity index (χ2v) is 9.62. The van der Waals surface area contributed by atoms with Gasteiger partial charge in [-0.15, -0.1) is 0 Å². The summed E-state index contributed by atoms with van der Waals surface area (Å²) in [5.41, 5.74) is 6.16. The van der Waals surface area contributed by atoms with Crippen molar-refractivity contribution in [2.24, 2.45) is 5.92 Å². The monoisotopic (exact) mass is 504 g/mol. The molecule has 0 atom stereocenters. The van der Waals surface area contributed by atoms with Crippen molar-refractivity contribution < 1.29 is 14.3 Å². The van der Waals surface area contributed by atoms with E-state index in [1.807, 2.05) is 60.9 Å². The summed E-state index contributed by atoms with van der Waals surface area (Å²) in [6.07, 6.45) is 5.65. The highest BCUT2D eigenvalue weighted by Gasteiger charge is 2.30. The molecule has 2 heterocycles. The molecule has 0 aliphatic heterocycles. The first-order valence-electron chi connectivity index (χ1n) is 12.7. The van der Waals surface area contributed by atoms with E-state index in [0.29, 0.717) is 12.1 Å². The van der Waals surface area contributed by atoms with E-state index < -0.39 is 0 Å². The van der Waals surface area contributed by atoms with Crippen molar-refractivity contribution in [1.29, 1.82) is 0 Å². The molecule has 2 aromatic heterocycles. The predicted octanol–water partition coefficient (Wildman–Crippen LogP) is 5.64. The minimum Gasteiger partial charge on any atom is -0.497 e. The Hall–Kier alpha value is -4.65.